The number of amides is 1. The molecule has 4 rings (SSSR count). The zero-order valence-electron chi connectivity index (χ0n) is 16.3. The van der Waals surface area contributed by atoms with Crippen molar-refractivity contribution >= 4 is 17.5 Å². The molecule has 1 saturated heterocycles. The molecule has 0 aliphatic carbocycles. The van der Waals surface area contributed by atoms with Crippen LogP contribution in [0.1, 0.15) is 36.0 Å². The molecule has 3 aromatic rings. The molecule has 2 aromatic carbocycles. The van der Waals surface area contributed by atoms with E-state index in [1.54, 1.807) is 12.4 Å². The van der Waals surface area contributed by atoms with E-state index in [1.807, 2.05) is 54.6 Å². The average molecular weight is 388 g/mol. The minimum Gasteiger partial charge on any atom is -0.455 e. The van der Waals surface area contributed by atoms with Crippen LogP contribution in [0.3, 0.4) is 0 Å². The maximum atomic E-state index is 12.7. The first kappa shape index (κ1) is 18.9. The third-order valence-electron chi connectivity index (χ3n) is 4.90. The van der Waals surface area contributed by atoms with E-state index in [0.717, 1.165) is 25.9 Å². The maximum absolute atomic E-state index is 12.7. The van der Waals surface area contributed by atoms with Crippen LogP contribution in [0.2, 0.25) is 0 Å². The number of aromatic nitrogens is 2. The van der Waals surface area contributed by atoms with Crippen molar-refractivity contribution < 1.29 is 9.53 Å². The molecule has 0 saturated carbocycles. The van der Waals surface area contributed by atoms with Crippen molar-refractivity contribution in [1.29, 1.82) is 0 Å². The van der Waals surface area contributed by atoms with E-state index in [1.165, 1.54) is 12.8 Å². The number of hydrogen-bond donors (Lipinski definition) is 1. The van der Waals surface area contributed by atoms with Crippen LogP contribution in [-0.2, 0) is 0 Å². The van der Waals surface area contributed by atoms with Gasteiger partial charge in [0.15, 0.2) is 5.75 Å². The molecular weight excluding hydrogens is 364 g/mol. The molecule has 1 aliphatic rings. The van der Waals surface area contributed by atoms with Gasteiger partial charge >= 0.3 is 0 Å². The zero-order chi connectivity index (χ0) is 19.9. The van der Waals surface area contributed by atoms with E-state index in [2.05, 4.69) is 20.2 Å². The smallest absolute Gasteiger partial charge is 0.258 e. The summed E-state index contributed by atoms with van der Waals surface area (Å²) in [5.74, 6) is 1.71. The summed E-state index contributed by atoms with van der Waals surface area (Å²) in [4.78, 5) is 23.7. The highest BCUT2D eigenvalue weighted by Crippen LogP contribution is 2.29. The molecule has 6 heteroatoms. The van der Waals surface area contributed by atoms with E-state index in [-0.39, 0.29) is 5.91 Å². The van der Waals surface area contributed by atoms with Crippen LogP contribution >= 0.6 is 0 Å². The highest BCUT2D eigenvalue weighted by molar-refractivity contribution is 6.04. The predicted molar refractivity (Wildman–Crippen MR) is 114 cm³/mol. The van der Waals surface area contributed by atoms with E-state index in [0.29, 0.717) is 28.7 Å². The van der Waals surface area contributed by atoms with Gasteiger partial charge in [0.2, 0.25) is 5.95 Å². The highest BCUT2D eigenvalue weighted by Gasteiger charge is 2.15. The largest absolute Gasteiger partial charge is 0.455 e. The van der Waals surface area contributed by atoms with E-state index in [4.69, 9.17) is 4.74 Å². The van der Waals surface area contributed by atoms with Crippen molar-refractivity contribution in [3.63, 3.8) is 0 Å². The Labute approximate surface area is 170 Å². The number of ether oxygens (including phenoxy) is 1. The number of benzene rings is 2. The standard InChI is InChI=1S/C23H24N4O2/c28-22(18-16-24-23(25-17-18)27-14-8-1-2-9-15-27)26-20-12-6-7-13-21(20)29-19-10-4-3-5-11-19/h3-7,10-13,16-17H,1-2,8-9,14-15H2,(H,26,28). The normalized spacial score (nSPS) is 14.1. The topological polar surface area (TPSA) is 67.3 Å². The third kappa shape index (κ3) is 4.90. The summed E-state index contributed by atoms with van der Waals surface area (Å²) in [5.41, 5.74) is 1.01. The van der Waals surface area contributed by atoms with Gasteiger partial charge in [-0.15, -0.1) is 0 Å². The Morgan fingerprint density at radius 2 is 1.52 bits per heavy atom. The fraction of sp³-hybridized carbons (Fsp3) is 0.261. The van der Waals surface area contributed by atoms with Gasteiger partial charge in [0.1, 0.15) is 5.75 Å². The van der Waals surface area contributed by atoms with E-state index in [9.17, 15) is 4.79 Å². The Morgan fingerprint density at radius 3 is 2.24 bits per heavy atom. The van der Waals surface area contributed by atoms with Crippen molar-refractivity contribution in [2.24, 2.45) is 0 Å². The van der Waals surface area contributed by atoms with Gasteiger partial charge in [-0.1, -0.05) is 43.2 Å². The summed E-state index contributed by atoms with van der Waals surface area (Å²) in [7, 11) is 0. The summed E-state index contributed by atoms with van der Waals surface area (Å²) < 4.78 is 5.90. The second-order valence-electron chi connectivity index (χ2n) is 7.04. The van der Waals surface area contributed by atoms with Crippen LogP contribution in [0.5, 0.6) is 11.5 Å². The molecule has 148 valence electrons. The molecule has 1 amide bonds. The summed E-state index contributed by atoms with van der Waals surface area (Å²) in [5, 5.41) is 2.90. The lowest BCUT2D eigenvalue weighted by Gasteiger charge is -2.19. The SMILES string of the molecule is O=C(Nc1ccccc1Oc1ccccc1)c1cnc(N2CCCCCC2)nc1. The molecule has 0 bridgehead atoms. The first-order valence-electron chi connectivity index (χ1n) is 10.00. The second kappa shape index (κ2) is 9.19. The number of nitrogens with zero attached hydrogens (tertiary/aromatic N) is 3. The van der Waals surface area contributed by atoms with Gasteiger partial charge in [0.25, 0.3) is 5.91 Å². The first-order valence-corrected chi connectivity index (χ1v) is 10.00. The number of rotatable bonds is 5. The van der Waals surface area contributed by atoms with Gasteiger partial charge in [0, 0.05) is 25.5 Å². The summed E-state index contributed by atoms with van der Waals surface area (Å²) >= 11 is 0. The Balaban J connectivity index is 1.45. The molecule has 29 heavy (non-hydrogen) atoms. The number of para-hydroxylation sites is 3. The van der Waals surface area contributed by atoms with Gasteiger partial charge in [-0.05, 0) is 37.1 Å². The Morgan fingerprint density at radius 1 is 0.862 bits per heavy atom. The summed E-state index contributed by atoms with van der Waals surface area (Å²) in [6, 6.07) is 16.8. The molecule has 6 nitrogen and oxygen atoms in total. The lowest BCUT2D eigenvalue weighted by molar-refractivity contribution is 0.102. The lowest BCUT2D eigenvalue weighted by atomic mass is 10.2. The number of carbonyl (C=O) groups is 1. The van der Waals surface area contributed by atoms with Crippen molar-refractivity contribution in [3.8, 4) is 11.5 Å². The molecule has 2 heterocycles. The van der Waals surface area contributed by atoms with Crippen LogP contribution in [0, 0.1) is 0 Å². The number of anilines is 2. The van der Waals surface area contributed by atoms with Crippen LogP contribution in [0.15, 0.2) is 67.0 Å². The Kier molecular flexibility index (Phi) is 6.00. The first-order chi connectivity index (χ1) is 14.3. The summed E-state index contributed by atoms with van der Waals surface area (Å²) in [6.07, 6.45) is 7.99. The van der Waals surface area contributed by atoms with Crippen molar-refractivity contribution in [3.05, 3.63) is 72.6 Å². The van der Waals surface area contributed by atoms with Crippen LogP contribution in [-0.4, -0.2) is 29.0 Å². The molecule has 0 spiro atoms. The molecule has 1 aliphatic heterocycles. The van der Waals surface area contributed by atoms with Crippen molar-refractivity contribution in [2.45, 2.75) is 25.7 Å². The molecular formula is C23H24N4O2. The van der Waals surface area contributed by atoms with Gasteiger partial charge in [-0.25, -0.2) is 9.97 Å². The van der Waals surface area contributed by atoms with E-state index >= 15 is 0 Å². The molecule has 1 fully saturated rings. The predicted octanol–water partition coefficient (Wildman–Crippen LogP) is 4.90. The fourth-order valence-corrected chi connectivity index (χ4v) is 3.34. The molecule has 0 atom stereocenters. The quantitative estimate of drug-likeness (QED) is 0.673. The molecule has 0 unspecified atom stereocenters. The number of hydrogen-bond acceptors (Lipinski definition) is 5. The summed E-state index contributed by atoms with van der Waals surface area (Å²) in [6.45, 7) is 1.94. The van der Waals surface area contributed by atoms with Crippen LogP contribution in [0.25, 0.3) is 0 Å². The zero-order valence-corrected chi connectivity index (χ0v) is 16.3. The number of nitrogens with one attached hydrogen (secondary N) is 1. The Bertz CT molecular complexity index is 937. The molecule has 0 radical (unpaired) electrons. The molecule has 1 aromatic heterocycles. The van der Waals surface area contributed by atoms with Crippen molar-refractivity contribution in [1.82, 2.24) is 9.97 Å². The highest BCUT2D eigenvalue weighted by atomic mass is 16.5. The van der Waals surface area contributed by atoms with Gasteiger partial charge in [0.05, 0.1) is 11.3 Å². The van der Waals surface area contributed by atoms with Crippen LogP contribution in [0.4, 0.5) is 11.6 Å². The average Bonchev–Trinajstić information content (AvgIpc) is 3.06. The van der Waals surface area contributed by atoms with Gasteiger partial charge in [-0.2, -0.15) is 0 Å². The van der Waals surface area contributed by atoms with Crippen molar-refractivity contribution in [2.75, 3.05) is 23.3 Å². The van der Waals surface area contributed by atoms with Crippen LogP contribution < -0.4 is 15.0 Å². The fourth-order valence-electron chi connectivity index (χ4n) is 3.34. The molecule has 1 N–H and O–H groups in total. The van der Waals surface area contributed by atoms with Gasteiger partial charge < -0.3 is 15.0 Å². The minimum absolute atomic E-state index is 0.267. The third-order valence-corrected chi connectivity index (χ3v) is 4.90. The minimum atomic E-state index is -0.267. The second-order valence-corrected chi connectivity index (χ2v) is 7.04. The maximum Gasteiger partial charge on any atom is 0.258 e. The Hall–Kier alpha value is -3.41. The van der Waals surface area contributed by atoms with Gasteiger partial charge in [-0.3, -0.25) is 4.79 Å². The monoisotopic (exact) mass is 388 g/mol. The number of carbonyl (C=O) groups excluding carboxylic acids is 1. The van der Waals surface area contributed by atoms with E-state index < -0.39 is 0 Å². The lowest BCUT2D eigenvalue weighted by Crippen LogP contribution is -2.26.